The average molecular weight is 399 g/mol. The lowest BCUT2D eigenvalue weighted by Crippen LogP contribution is -2.10. The minimum absolute atomic E-state index is 0.00406. The topological polar surface area (TPSA) is 116 Å². The molecule has 0 saturated heterocycles. The maximum Gasteiger partial charge on any atom is 0.341 e. The second-order valence-corrected chi connectivity index (χ2v) is 6.48. The molecule has 1 N–H and O–H groups in total. The standard InChI is InChI=1S/C21H21NO7/c1-13(2)16-7-4-14(10-17(16)22(26)27)5-8-18(23)15-6-9-19(20(11-15)28-3)29-12-21(24)25/h4-11,13H,12H2,1-3H3,(H,24,25)/b8-5+. The molecule has 0 aliphatic rings. The fourth-order valence-corrected chi connectivity index (χ4v) is 2.66. The number of ketones is 1. The lowest BCUT2D eigenvalue weighted by molar-refractivity contribution is -0.385. The summed E-state index contributed by atoms with van der Waals surface area (Å²) in [7, 11) is 1.38. The highest BCUT2D eigenvalue weighted by molar-refractivity contribution is 6.07. The number of aliphatic carboxylic acids is 1. The number of carbonyl (C=O) groups excluding carboxylic acids is 1. The third-order valence-electron chi connectivity index (χ3n) is 4.10. The van der Waals surface area contributed by atoms with Crippen molar-refractivity contribution in [3.8, 4) is 11.5 Å². The van der Waals surface area contributed by atoms with E-state index >= 15 is 0 Å². The largest absolute Gasteiger partial charge is 0.493 e. The van der Waals surface area contributed by atoms with Gasteiger partial charge in [0, 0.05) is 17.2 Å². The van der Waals surface area contributed by atoms with Crippen molar-refractivity contribution in [1.82, 2.24) is 0 Å². The van der Waals surface area contributed by atoms with Crippen LogP contribution in [0.4, 0.5) is 5.69 Å². The van der Waals surface area contributed by atoms with Gasteiger partial charge in [0.2, 0.25) is 0 Å². The molecule has 29 heavy (non-hydrogen) atoms. The first-order valence-electron chi connectivity index (χ1n) is 8.76. The lowest BCUT2D eigenvalue weighted by Gasteiger charge is -2.10. The number of carbonyl (C=O) groups is 2. The number of ether oxygens (including phenoxy) is 2. The average Bonchev–Trinajstić information content (AvgIpc) is 2.69. The van der Waals surface area contributed by atoms with Crippen LogP contribution in [0.1, 0.15) is 41.3 Å². The smallest absolute Gasteiger partial charge is 0.341 e. The van der Waals surface area contributed by atoms with Gasteiger partial charge in [0.1, 0.15) is 0 Å². The van der Waals surface area contributed by atoms with E-state index in [1.54, 1.807) is 12.1 Å². The summed E-state index contributed by atoms with van der Waals surface area (Å²) in [6.45, 7) is 3.21. The third-order valence-corrected chi connectivity index (χ3v) is 4.10. The van der Waals surface area contributed by atoms with Crippen LogP contribution in [-0.4, -0.2) is 35.5 Å². The molecule has 0 spiro atoms. The van der Waals surface area contributed by atoms with Crippen molar-refractivity contribution in [2.75, 3.05) is 13.7 Å². The van der Waals surface area contributed by atoms with Gasteiger partial charge in [-0.15, -0.1) is 0 Å². The van der Waals surface area contributed by atoms with Crippen LogP contribution in [0.5, 0.6) is 11.5 Å². The van der Waals surface area contributed by atoms with E-state index in [2.05, 4.69) is 0 Å². The summed E-state index contributed by atoms with van der Waals surface area (Å²) in [4.78, 5) is 33.9. The van der Waals surface area contributed by atoms with Gasteiger partial charge in [-0.3, -0.25) is 14.9 Å². The number of methoxy groups -OCH3 is 1. The van der Waals surface area contributed by atoms with Crippen LogP contribution in [0.25, 0.3) is 6.08 Å². The molecule has 8 nitrogen and oxygen atoms in total. The van der Waals surface area contributed by atoms with E-state index in [1.165, 1.54) is 43.5 Å². The highest BCUT2D eigenvalue weighted by Gasteiger charge is 2.16. The molecule has 0 radical (unpaired) electrons. The fraction of sp³-hybridized carbons (Fsp3) is 0.238. The van der Waals surface area contributed by atoms with Crippen molar-refractivity contribution in [3.63, 3.8) is 0 Å². The zero-order chi connectivity index (χ0) is 21.6. The van der Waals surface area contributed by atoms with Gasteiger partial charge in [0.15, 0.2) is 23.9 Å². The maximum absolute atomic E-state index is 12.4. The molecular weight excluding hydrogens is 378 g/mol. The molecule has 0 fully saturated rings. The van der Waals surface area contributed by atoms with Crippen LogP contribution < -0.4 is 9.47 Å². The van der Waals surface area contributed by atoms with E-state index in [9.17, 15) is 19.7 Å². The zero-order valence-electron chi connectivity index (χ0n) is 16.2. The minimum atomic E-state index is -1.13. The molecule has 0 atom stereocenters. The van der Waals surface area contributed by atoms with Crippen LogP contribution in [0.15, 0.2) is 42.5 Å². The van der Waals surface area contributed by atoms with Gasteiger partial charge in [-0.25, -0.2) is 4.79 Å². The van der Waals surface area contributed by atoms with Crippen LogP contribution in [-0.2, 0) is 4.79 Å². The number of hydrogen-bond acceptors (Lipinski definition) is 6. The summed E-state index contributed by atoms with van der Waals surface area (Å²) in [5, 5.41) is 20.0. The normalized spacial score (nSPS) is 10.9. The van der Waals surface area contributed by atoms with Gasteiger partial charge in [-0.2, -0.15) is 0 Å². The van der Waals surface area contributed by atoms with Gasteiger partial charge in [0.05, 0.1) is 12.0 Å². The predicted octanol–water partition coefficient (Wildman–Crippen LogP) is 4.09. The van der Waals surface area contributed by atoms with Gasteiger partial charge in [0.25, 0.3) is 5.69 Å². The van der Waals surface area contributed by atoms with Crippen molar-refractivity contribution in [1.29, 1.82) is 0 Å². The number of nitro benzene ring substituents is 1. The summed E-state index contributed by atoms with van der Waals surface area (Å²) in [5.74, 6) is -1.04. The predicted molar refractivity (Wildman–Crippen MR) is 107 cm³/mol. The van der Waals surface area contributed by atoms with E-state index in [0.717, 1.165) is 0 Å². The molecule has 0 aliphatic heterocycles. The van der Waals surface area contributed by atoms with E-state index < -0.39 is 17.5 Å². The van der Waals surface area contributed by atoms with Crippen molar-refractivity contribution >= 4 is 23.5 Å². The molecule has 0 saturated carbocycles. The molecular formula is C21H21NO7. The number of rotatable bonds is 9. The molecule has 0 amide bonds. The maximum atomic E-state index is 12.4. The first-order chi connectivity index (χ1) is 13.7. The lowest BCUT2D eigenvalue weighted by atomic mass is 9.99. The number of benzene rings is 2. The van der Waals surface area contributed by atoms with Crippen molar-refractivity contribution in [2.24, 2.45) is 0 Å². The number of nitro groups is 1. The Labute approximate surface area is 167 Å². The molecule has 0 bridgehead atoms. The van der Waals surface area contributed by atoms with Crippen LogP contribution >= 0.6 is 0 Å². The van der Waals surface area contributed by atoms with Crippen LogP contribution in [0.2, 0.25) is 0 Å². The highest BCUT2D eigenvalue weighted by atomic mass is 16.6. The number of carboxylic acids is 1. The summed E-state index contributed by atoms with van der Waals surface area (Å²) in [6, 6.07) is 9.21. The molecule has 0 aliphatic carbocycles. The van der Waals surface area contributed by atoms with E-state index in [4.69, 9.17) is 14.6 Å². The van der Waals surface area contributed by atoms with Gasteiger partial charge < -0.3 is 14.6 Å². The highest BCUT2D eigenvalue weighted by Crippen LogP contribution is 2.29. The second-order valence-electron chi connectivity index (χ2n) is 6.48. The van der Waals surface area contributed by atoms with E-state index in [0.29, 0.717) is 16.7 Å². The molecule has 8 heteroatoms. The van der Waals surface area contributed by atoms with Crippen molar-refractivity contribution in [2.45, 2.75) is 19.8 Å². The SMILES string of the molecule is COc1cc(C(=O)/C=C/c2ccc(C(C)C)c([N+](=O)[O-])c2)ccc1OCC(=O)O. The Kier molecular flexibility index (Phi) is 7.08. The Hall–Kier alpha value is -3.68. The summed E-state index contributed by atoms with van der Waals surface area (Å²) in [5.41, 5.74) is 1.47. The molecule has 2 aromatic carbocycles. The fourth-order valence-electron chi connectivity index (χ4n) is 2.66. The summed E-state index contributed by atoms with van der Waals surface area (Å²) in [6.07, 6.45) is 2.81. The Bertz CT molecular complexity index is 963. The Morgan fingerprint density at radius 2 is 1.90 bits per heavy atom. The zero-order valence-corrected chi connectivity index (χ0v) is 16.2. The number of allylic oxidation sites excluding steroid dienone is 1. The first kappa shape index (κ1) is 21.6. The van der Waals surface area contributed by atoms with Gasteiger partial charge >= 0.3 is 5.97 Å². The molecule has 2 aromatic rings. The van der Waals surface area contributed by atoms with E-state index in [1.807, 2.05) is 13.8 Å². The van der Waals surface area contributed by atoms with Crippen LogP contribution in [0, 0.1) is 10.1 Å². The minimum Gasteiger partial charge on any atom is -0.493 e. The summed E-state index contributed by atoms with van der Waals surface area (Å²) >= 11 is 0. The third kappa shape index (κ3) is 5.65. The molecule has 0 aromatic heterocycles. The number of carboxylic acid groups (broad SMARTS) is 1. The quantitative estimate of drug-likeness (QED) is 0.292. The molecule has 0 heterocycles. The Balaban J connectivity index is 2.23. The summed E-state index contributed by atoms with van der Waals surface area (Å²) < 4.78 is 10.2. The first-order valence-corrected chi connectivity index (χ1v) is 8.76. The molecule has 2 rings (SSSR count). The monoisotopic (exact) mass is 399 g/mol. The molecule has 0 unspecified atom stereocenters. The Morgan fingerprint density at radius 1 is 1.17 bits per heavy atom. The van der Waals surface area contributed by atoms with Gasteiger partial charge in [-0.1, -0.05) is 32.1 Å². The van der Waals surface area contributed by atoms with Crippen molar-refractivity contribution < 1.29 is 29.1 Å². The van der Waals surface area contributed by atoms with Gasteiger partial charge in [-0.05, 0) is 35.8 Å². The second kappa shape index (κ2) is 9.50. The number of nitrogens with zero attached hydrogens (tertiary/aromatic N) is 1. The number of hydrogen-bond donors (Lipinski definition) is 1. The van der Waals surface area contributed by atoms with E-state index in [-0.39, 0.29) is 28.9 Å². The van der Waals surface area contributed by atoms with Crippen LogP contribution in [0.3, 0.4) is 0 Å². The van der Waals surface area contributed by atoms with Crippen molar-refractivity contribution in [3.05, 3.63) is 69.3 Å². The Morgan fingerprint density at radius 3 is 2.48 bits per heavy atom. The molecule has 152 valence electrons.